The summed E-state index contributed by atoms with van der Waals surface area (Å²) in [6.45, 7) is 0.382. The Morgan fingerprint density at radius 1 is 1.47 bits per heavy atom. The Kier molecular flexibility index (Phi) is 2.01. The van der Waals surface area contributed by atoms with Crippen molar-refractivity contribution >= 4 is 23.0 Å². The molecule has 0 aromatic carbocycles. The first-order valence-electron chi connectivity index (χ1n) is 5.33. The minimum atomic E-state index is -0.750. The van der Waals surface area contributed by atoms with Crippen molar-refractivity contribution in [1.82, 2.24) is 19.9 Å². The third kappa shape index (κ3) is 1.59. The summed E-state index contributed by atoms with van der Waals surface area (Å²) in [6, 6.07) is 0. The summed E-state index contributed by atoms with van der Waals surface area (Å²) in [6.07, 6.45) is 4.37. The lowest BCUT2D eigenvalue weighted by Crippen LogP contribution is -2.24. The minimum Gasteiger partial charge on any atom is -0.481 e. The number of imidazole rings is 1. The molecular weight excluding hydrogens is 222 g/mol. The first-order valence-corrected chi connectivity index (χ1v) is 5.33. The van der Waals surface area contributed by atoms with Crippen molar-refractivity contribution in [3.63, 3.8) is 0 Å². The highest BCUT2D eigenvalue weighted by atomic mass is 16.4. The molecule has 0 atom stereocenters. The molecule has 7 nitrogen and oxygen atoms in total. The molecule has 0 amide bonds. The number of carbonyl (C=O) groups is 1. The highest BCUT2D eigenvalue weighted by Gasteiger charge is 2.50. The number of carboxylic acids is 1. The van der Waals surface area contributed by atoms with E-state index in [1.165, 1.54) is 12.7 Å². The van der Waals surface area contributed by atoms with Crippen molar-refractivity contribution < 1.29 is 9.90 Å². The predicted octanol–water partition coefficient (Wildman–Crippen LogP) is 0.630. The Balaban J connectivity index is 1.81. The van der Waals surface area contributed by atoms with Gasteiger partial charge >= 0.3 is 5.97 Å². The molecular formula is C10H11N5O2. The van der Waals surface area contributed by atoms with Gasteiger partial charge in [-0.25, -0.2) is 15.0 Å². The van der Waals surface area contributed by atoms with Crippen LogP contribution in [0.2, 0.25) is 0 Å². The van der Waals surface area contributed by atoms with Gasteiger partial charge in [-0.3, -0.25) is 4.79 Å². The maximum Gasteiger partial charge on any atom is 0.311 e. The van der Waals surface area contributed by atoms with Gasteiger partial charge in [-0.15, -0.1) is 0 Å². The van der Waals surface area contributed by atoms with Crippen LogP contribution in [0.1, 0.15) is 12.8 Å². The van der Waals surface area contributed by atoms with E-state index >= 15 is 0 Å². The van der Waals surface area contributed by atoms with Gasteiger partial charge in [-0.05, 0) is 12.8 Å². The molecule has 7 heteroatoms. The molecule has 88 valence electrons. The van der Waals surface area contributed by atoms with Crippen molar-refractivity contribution in [2.75, 3.05) is 11.9 Å². The molecule has 0 aliphatic heterocycles. The Morgan fingerprint density at radius 2 is 2.29 bits per heavy atom. The van der Waals surface area contributed by atoms with E-state index in [1.54, 1.807) is 0 Å². The van der Waals surface area contributed by atoms with Crippen LogP contribution in [0.25, 0.3) is 11.2 Å². The number of hydrogen-bond donors (Lipinski definition) is 3. The van der Waals surface area contributed by atoms with Crippen LogP contribution in [0.4, 0.5) is 5.82 Å². The van der Waals surface area contributed by atoms with Crippen LogP contribution in [0, 0.1) is 5.41 Å². The van der Waals surface area contributed by atoms with Crippen LogP contribution in [0.3, 0.4) is 0 Å². The van der Waals surface area contributed by atoms with Gasteiger partial charge in [0.15, 0.2) is 11.5 Å². The van der Waals surface area contributed by atoms with Gasteiger partial charge in [0.1, 0.15) is 11.8 Å². The van der Waals surface area contributed by atoms with E-state index in [-0.39, 0.29) is 0 Å². The van der Waals surface area contributed by atoms with Crippen molar-refractivity contribution in [3.8, 4) is 0 Å². The maximum atomic E-state index is 11.0. The first kappa shape index (κ1) is 10.0. The van der Waals surface area contributed by atoms with Gasteiger partial charge in [0, 0.05) is 6.54 Å². The molecule has 3 N–H and O–H groups in total. The van der Waals surface area contributed by atoms with E-state index in [9.17, 15) is 4.79 Å². The van der Waals surface area contributed by atoms with E-state index in [4.69, 9.17) is 5.11 Å². The Hall–Kier alpha value is -2.18. The van der Waals surface area contributed by atoms with Crippen molar-refractivity contribution in [3.05, 3.63) is 12.7 Å². The third-order valence-corrected chi connectivity index (χ3v) is 3.12. The molecule has 1 saturated carbocycles. The Labute approximate surface area is 96.3 Å². The highest BCUT2D eigenvalue weighted by molar-refractivity contribution is 5.83. The van der Waals surface area contributed by atoms with Crippen LogP contribution in [-0.4, -0.2) is 37.6 Å². The summed E-state index contributed by atoms with van der Waals surface area (Å²) in [7, 11) is 0. The molecule has 2 aromatic rings. The zero-order chi connectivity index (χ0) is 11.9. The fourth-order valence-electron chi connectivity index (χ4n) is 1.77. The zero-order valence-electron chi connectivity index (χ0n) is 8.97. The number of carboxylic acid groups (broad SMARTS) is 1. The standard InChI is InChI=1S/C10H11N5O2/c16-9(17)10(1-2-10)3-11-7-6-8(13-4-12-6)15-5-14-7/h4-5H,1-3H2,(H,16,17)(H2,11,12,13,14,15). The summed E-state index contributed by atoms with van der Waals surface area (Å²) in [4.78, 5) is 26.0. The van der Waals surface area contributed by atoms with Gasteiger partial charge in [0.25, 0.3) is 0 Å². The lowest BCUT2D eigenvalue weighted by Gasteiger charge is -2.11. The first-order chi connectivity index (χ1) is 8.21. The summed E-state index contributed by atoms with van der Waals surface area (Å²) < 4.78 is 0. The molecule has 0 spiro atoms. The SMILES string of the molecule is O=C(O)C1(CNc2ncnc3nc[nH]c23)CC1. The smallest absolute Gasteiger partial charge is 0.311 e. The molecule has 2 aromatic heterocycles. The zero-order valence-corrected chi connectivity index (χ0v) is 8.97. The highest BCUT2D eigenvalue weighted by Crippen LogP contribution is 2.45. The quantitative estimate of drug-likeness (QED) is 0.715. The summed E-state index contributed by atoms with van der Waals surface area (Å²) >= 11 is 0. The van der Waals surface area contributed by atoms with Gasteiger partial charge < -0.3 is 15.4 Å². The average molecular weight is 233 g/mol. The number of aliphatic carboxylic acids is 1. The molecule has 0 bridgehead atoms. The van der Waals surface area contributed by atoms with Gasteiger partial charge in [0.05, 0.1) is 11.7 Å². The Morgan fingerprint density at radius 3 is 3.00 bits per heavy atom. The molecule has 17 heavy (non-hydrogen) atoms. The minimum absolute atomic E-state index is 0.382. The number of rotatable bonds is 4. The fraction of sp³-hybridized carbons (Fsp3) is 0.400. The third-order valence-electron chi connectivity index (χ3n) is 3.12. The molecule has 0 radical (unpaired) electrons. The summed E-state index contributed by atoms with van der Waals surface area (Å²) in [5.74, 6) is -0.153. The second-order valence-electron chi connectivity index (χ2n) is 4.26. The van der Waals surface area contributed by atoms with Crippen LogP contribution in [0.5, 0.6) is 0 Å². The van der Waals surface area contributed by atoms with Gasteiger partial charge in [-0.1, -0.05) is 0 Å². The molecule has 0 unspecified atom stereocenters. The Bertz CT molecular complexity index is 575. The second-order valence-corrected chi connectivity index (χ2v) is 4.26. The summed E-state index contributed by atoms with van der Waals surface area (Å²) in [5.41, 5.74) is 0.661. The number of H-pyrrole nitrogens is 1. The van der Waals surface area contributed by atoms with Gasteiger partial charge in [0.2, 0.25) is 0 Å². The van der Waals surface area contributed by atoms with E-state index in [0.29, 0.717) is 36.4 Å². The second kappa shape index (κ2) is 3.41. The molecule has 0 saturated heterocycles. The normalized spacial score (nSPS) is 16.9. The van der Waals surface area contributed by atoms with E-state index in [2.05, 4.69) is 25.3 Å². The average Bonchev–Trinajstić information content (AvgIpc) is 2.96. The largest absolute Gasteiger partial charge is 0.481 e. The number of nitrogens with zero attached hydrogens (tertiary/aromatic N) is 3. The van der Waals surface area contributed by atoms with Crippen LogP contribution in [-0.2, 0) is 4.79 Å². The maximum absolute atomic E-state index is 11.0. The number of fused-ring (bicyclic) bond motifs is 1. The van der Waals surface area contributed by atoms with Crippen molar-refractivity contribution in [2.24, 2.45) is 5.41 Å². The lowest BCUT2D eigenvalue weighted by atomic mass is 10.1. The van der Waals surface area contributed by atoms with Crippen LogP contribution < -0.4 is 5.32 Å². The van der Waals surface area contributed by atoms with E-state index < -0.39 is 11.4 Å². The molecule has 3 rings (SSSR count). The van der Waals surface area contributed by atoms with E-state index in [0.717, 1.165) is 0 Å². The molecule has 1 fully saturated rings. The lowest BCUT2D eigenvalue weighted by molar-refractivity contribution is -0.142. The van der Waals surface area contributed by atoms with Gasteiger partial charge in [-0.2, -0.15) is 0 Å². The summed E-state index contributed by atoms with van der Waals surface area (Å²) in [5, 5.41) is 12.1. The monoisotopic (exact) mass is 233 g/mol. The van der Waals surface area contributed by atoms with Crippen molar-refractivity contribution in [1.29, 1.82) is 0 Å². The molecule has 1 aliphatic rings. The number of aromatic nitrogens is 4. The topological polar surface area (TPSA) is 104 Å². The van der Waals surface area contributed by atoms with E-state index in [1.807, 2.05) is 0 Å². The number of aromatic amines is 1. The number of hydrogen-bond acceptors (Lipinski definition) is 5. The number of anilines is 1. The van der Waals surface area contributed by atoms with Crippen LogP contribution >= 0.6 is 0 Å². The molecule has 2 heterocycles. The fourth-order valence-corrected chi connectivity index (χ4v) is 1.77. The van der Waals surface area contributed by atoms with Crippen molar-refractivity contribution in [2.45, 2.75) is 12.8 Å². The predicted molar refractivity (Wildman–Crippen MR) is 59.5 cm³/mol. The molecule has 1 aliphatic carbocycles. The van der Waals surface area contributed by atoms with Crippen LogP contribution in [0.15, 0.2) is 12.7 Å². The number of nitrogens with one attached hydrogen (secondary N) is 2.